The molecule has 0 N–H and O–H groups in total. The number of nitrogens with zero attached hydrogens (tertiary/aromatic N) is 16. The van der Waals surface area contributed by atoms with Crippen LogP contribution in [-0.2, 0) is 42.3 Å². The minimum atomic E-state index is 0. The number of aromatic nitrogens is 6. The second-order valence-electron chi connectivity index (χ2n) is 17.2. The van der Waals surface area contributed by atoms with E-state index in [9.17, 15) is 0 Å². The van der Waals surface area contributed by atoms with Crippen molar-refractivity contribution in [2.45, 2.75) is 47.0 Å². The lowest BCUT2D eigenvalue weighted by molar-refractivity contribution is -0.926. The number of rotatable bonds is 25. The van der Waals surface area contributed by atoms with Crippen molar-refractivity contribution in [3.05, 3.63) is 110 Å². The molecular weight excluding hydrogens is 966 g/mol. The zero-order chi connectivity index (χ0) is 47.1. The van der Waals surface area contributed by atoms with E-state index in [0.717, 1.165) is 124 Å². The van der Waals surface area contributed by atoms with Gasteiger partial charge in [0.1, 0.15) is 17.1 Å². The van der Waals surface area contributed by atoms with Crippen molar-refractivity contribution >= 4 is 52.0 Å². The SMILES string of the molecule is CCN(CCC[N+](CC)(CCCN(CC)c1ccc(N=Nc2n(C)cc[n+]2C)cc1)CCCN(CC)c1ccc(N=Nc2n(C)cc[n+]2C)cc1)c1ccc(N=Nc2n(C)cc[n+]2C)cc1.[Cl-].[Cl-].[Cl-].[Cl-]. The molecule has 0 unspecified atom stereocenters. The van der Waals surface area contributed by atoms with Gasteiger partial charge in [0.25, 0.3) is 0 Å². The molecule has 20 heteroatoms. The van der Waals surface area contributed by atoms with Crippen molar-refractivity contribution in [3.63, 3.8) is 0 Å². The van der Waals surface area contributed by atoms with Crippen molar-refractivity contribution in [1.82, 2.24) is 13.7 Å². The fraction of sp³-hybridized carbons (Fsp3) is 0.460. The number of anilines is 3. The summed E-state index contributed by atoms with van der Waals surface area (Å²) in [5, 5.41) is 27.0. The Hall–Kier alpha value is -5.39. The molecule has 0 aliphatic rings. The lowest BCUT2D eigenvalue weighted by Crippen LogP contribution is -3.00. The third-order valence-electron chi connectivity index (χ3n) is 12.8. The zero-order valence-electron chi connectivity index (χ0n) is 42.8. The highest BCUT2D eigenvalue weighted by Gasteiger charge is 2.26. The van der Waals surface area contributed by atoms with Crippen molar-refractivity contribution in [2.75, 3.05) is 80.1 Å². The van der Waals surface area contributed by atoms with Gasteiger partial charge in [-0.3, -0.25) is 0 Å². The van der Waals surface area contributed by atoms with E-state index in [4.69, 9.17) is 0 Å². The maximum absolute atomic E-state index is 4.52. The van der Waals surface area contributed by atoms with Gasteiger partial charge in [0.15, 0.2) is 0 Å². The van der Waals surface area contributed by atoms with Gasteiger partial charge in [-0.2, -0.15) is 0 Å². The Kier molecular flexibility index (Phi) is 25.8. The molecule has 3 aromatic carbocycles. The molecule has 70 heavy (non-hydrogen) atoms. The van der Waals surface area contributed by atoms with Crippen LogP contribution in [0, 0.1) is 0 Å². The van der Waals surface area contributed by atoms with Gasteiger partial charge in [0, 0.05) is 90.9 Å². The number of imidazole rings is 3. The average molecular weight is 1040 g/mol. The van der Waals surface area contributed by atoms with E-state index in [0.29, 0.717) is 0 Å². The Balaban J connectivity index is 0.00000420. The standard InChI is InChI=1S/C50H74N16.4ClH/c1-11-63(45-24-18-42(19-25-45)51-54-48-57(5)33-34-58(48)6)30-15-39-66(14-4,40-16-31-64(12-2)46-26-20-43(21-27-46)52-55-49-59(7)35-36-60(49)8)41-17-32-65(13-3)47-28-22-44(23-29-47)53-56-50-61(9)37-38-62(50)10;;;;/h18-29,33-38H,11-17,30-32,39-41H2,1-10H3;4*1H/q+4;;;;/p-4. The summed E-state index contributed by atoms with van der Waals surface area (Å²) in [5.41, 5.74) is 6.19. The summed E-state index contributed by atoms with van der Waals surface area (Å²) in [6.07, 6.45) is 15.2. The molecule has 382 valence electrons. The van der Waals surface area contributed by atoms with E-state index < -0.39 is 0 Å². The highest BCUT2D eigenvalue weighted by atomic mass is 35.5. The van der Waals surface area contributed by atoms with E-state index in [-0.39, 0.29) is 49.6 Å². The average Bonchev–Trinajstić information content (AvgIpc) is 3.97. The van der Waals surface area contributed by atoms with Crippen LogP contribution in [0.15, 0.2) is 141 Å². The topological polar surface area (TPSA) is 110 Å². The molecule has 0 amide bonds. The summed E-state index contributed by atoms with van der Waals surface area (Å²) in [4.78, 5) is 7.48. The molecule has 6 aromatic rings. The smallest absolute Gasteiger partial charge is 0.421 e. The fourth-order valence-electron chi connectivity index (χ4n) is 8.68. The van der Waals surface area contributed by atoms with Gasteiger partial charge in [0.2, 0.25) is 0 Å². The Morgan fingerprint density at radius 2 is 0.671 bits per heavy atom. The number of hydrogen-bond acceptors (Lipinski definition) is 9. The molecule has 16 nitrogen and oxygen atoms in total. The van der Waals surface area contributed by atoms with Crippen LogP contribution in [0.3, 0.4) is 0 Å². The molecule has 0 bridgehead atoms. The van der Waals surface area contributed by atoms with Crippen LogP contribution in [0.2, 0.25) is 0 Å². The molecule has 0 spiro atoms. The van der Waals surface area contributed by atoms with Gasteiger partial charge in [-0.25, -0.2) is 27.4 Å². The van der Waals surface area contributed by atoms with E-state index in [1.807, 2.05) is 107 Å². The van der Waals surface area contributed by atoms with Crippen LogP contribution >= 0.6 is 0 Å². The molecule has 3 heterocycles. The van der Waals surface area contributed by atoms with Crippen LogP contribution in [0.1, 0.15) is 47.0 Å². The third-order valence-corrected chi connectivity index (χ3v) is 12.8. The van der Waals surface area contributed by atoms with Crippen LogP contribution in [0.25, 0.3) is 0 Å². The summed E-state index contributed by atoms with van der Waals surface area (Å²) in [7, 11) is 11.9. The molecule has 0 atom stereocenters. The van der Waals surface area contributed by atoms with Gasteiger partial charge >= 0.3 is 17.8 Å². The highest BCUT2D eigenvalue weighted by molar-refractivity contribution is 5.54. The largest absolute Gasteiger partial charge is 1.00 e. The maximum Gasteiger partial charge on any atom is 0.421 e. The van der Waals surface area contributed by atoms with Crippen molar-refractivity contribution in [3.8, 4) is 0 Å². The van der Waals surface area contributed by atoms with Crippen LogP contribution < -0.4 is 78.0 Å². The molecule has 3 aromatic heterocycles. The first-order chi connectivity index (χ1) is 32.0. The summed E-state index contributed by atoms with van der Waals surface area (Å²) in [6.45, 7) is 19.4. The molecule has 0 saturated heterocycles. The van der Waals surface area contributed by atoms with E-state index >= 15 is 0 Å². The van der Waals surface area contributed by atoms with Gasteiger partial charge in [-0.1, -0.05) is 15.3 Å². The van der Waals surface area contributed by atoms with Gasteiger partial charge in [0.05, 0.1) is 106 Å². The Morgan fingerprint density at radius 3 is 0.871 bits per heavy atom. The predicted molar refractivity (Wildman–Crippen MR) is 265 cm³/mol. The summed E-state index contributed by atoms with van der Waals surface area (Å²) in [5.74, 6) is 2.40. The quantitative estimate of drug-likeness (QED) is 0.0355. The zero-order valence-corrected chi connectivity index (χ0v) is 45.8. The Bertz CT molecular complexity index is 2180. The number of quaternary nitrogens is 1. The molecule has 0 fully saturated rings. The fourth-order valence-corrected chi connectivity index (χ4v) is 8.68. The monoisotopic (exact) mass is 1040 g/mol. The minimum absolute atomic E-state index is 0. The van der Waals surface area contributed by atoms with Crippen LogP contribution in [-0.4, -0.2) is 83.6 Å². The van der Waals surface area contributed by atoms with E-state index in [1.165, 1.54) is 17.1 Å². The molecular formula is C50H74Cl4N16. The number of hydrogen-bond donors (Lipinski definition) is 0. The lowest BCUT2D eigenvalue weighted by atomic mass is 10.1. The summed E-state index contributed by atoms with van der Waals surface area (Å²) in [6, 6.07) is 25.5. The highest BCUT2D eigenvalue weighted by Crippen LogP contribution is 2.26. The Morgan fingerprint density at radius 1 is 0.414 bits per heavy atom. The second-order valence-corrected chi connectivity index (χ2v) is 17.2. The first kappa shape index (κ1) is 60.7. The first-order valence-electron chi connectivity index (χ1n) is 23.6. The molecule has 6 rings (SSSR count). The van der Waals surface area contributed by atoms with Crippen molar-refractivity contribution in [2.24, 2.45) is 73.0 Å². The first-order valence-corrected chi connectivity index (χ1v) is 23.6. The number of azo groups is 3. The lowest BCUT2D eigenvalue weighted by Gasteiger charge is -2.40. The van der Waals surface area contributed by atoms with Crippen molar-refractivity contribution in [1.29, 1.82) is 0 Å². The van der Waals surface area contributed by atoms with Crippen LogP contribution in [0.5, 0.6) is 0 Å². The maximum atomic E-state index is 4.52. The molecule has 0 saturated carbocycles. The second kappa shape index (κ2) is 29.7. The molecule has 0 aliphatic carbocycles. The predicted octanol–water partition coefficient (Wildman–Crippen LogP) is -2.68. The van der Waals surface area contributed by atoms with Crippen molar-refractivity contribution < 1.29 is 67.8 Å². The summed E-state index contributed by atoms with van der Waals surface area (Å²) >= 11 is 0. The molecule has 0 aliphatic heterocycles. The number of aryl methyl sites for hydroxylation is 6. The number of benzene rings is 3. The minimum Gasteiger partial charge on any atom is -1.00 e. The summed E-state index contributed by atoms with van der Waals surface area (Å²) < 4.78 is 12.9. The van der Waals surface area contributed by atoms with Crippen LogP contribution in [0.4, 0.5) is 52.0 Å². The normalized spacial score (nSPS) is 12.1. The van der Waals surface area contributed by atoms with Gasteiger partial charge in [-0.15, -0.1) is 0 Å². The van der Waals surface area contributed by atoms with Gasteiger partial charge in [-0.05, 0) is 100 Å². The number of halogens is 4. The van der Waals surface area contributed by atoms with Gasteiger partial charge < -0.3 is 68.8 Å². The third kappa shape index (κ3) is 16.3. The Labute approximate surface area is 441 Å². The van der Waals surface area contributed by atoms with E-state index in [1.54, 1.807) is 0 Å². The van der Waals surface area contributed by atoms with E-state index in [2.05, 4.69) is 146 Å². The molecule has 0 radical (unpaired) electrons.